The number of aryl methyl sites for hydroxylation is 2. The number of nitriles is 1. The van der Waals surface area contributed by atoms with Crippen LogP contribution in [0.5, 0.6) is 0 Å². The van der Waals surface area contributed by atoms with Crippen molar-refractivity contribution >= 4 is 22.9 Å². The van der Waals surface area contributed by atoms with Crippen molar-refractivity contribution in [1.29, 1.82) is 5.26 Å². The molecule has 3 heterocycles. The lowest BCUT2D eigenvalue weighted by molar-refractivity contribution is 0.102. The Balaban J connectivity index is 1.65. The minimum absolute atomic E-state index is 0.198. The minimum atomic E-state index is -0.415. The van der Waals surface area contributed by atoms with Gasteiger partial charge in [0.25, 0.3) is 5.91 Å². The summed E-state index contributed by atoms with van der Waals surface area (Å²) >= 11 is 0. The van der Waals surface area contributed by atoms with Crippen molar-refractivity contribution in [2.45, 2.75) is 6.92 Å². The smallest absolute Gasteiger partial charge is 0.280 e. The molecule has 0 fully saturated rings. The number of nitrogens with zero attached hydrogens (tertiary/aromatic N) is 8. The standard InChI is InChI=1S/C17H15N9O/c1-10-15(22-23-26(10)12-8-19-24(2)9-12)16(27)21-17-20-13-5-4-11(7-18)6-14(13)25(17)3/h4-6,8-9H,1-3H3,(H,20,21,27). The normalized spacial score (nSPS) is 10.9. The molecule has 27 heavy (non-hydrogen) atoms. The molecule has 0 spiro atoms. The van der Waals surface area contributed by atoms with Crippen LogP contribution in [-0.2, 0) is 14.1 Å². The molecule has 0 aliphatic rings. The van der Waals surface area contributed by atoms with Gasteiger partial charge in [-0.3, -0.25) is 14.8 Å². The van der Waals surface area contributed by atoms with E-state index in [1.54, 1.807) is 65.5 Å². The zero-order valence-corrected chi connectivity index (χ0v) is 14.9. The Hall–Kier alpha value is -4.00. The van der Waals surface area contributed by atoms with Crippen molar-refractivity contribution in [3.05, 3.63) is 47.5 Å². The van der Waals surface area contributed by atoms with E-state index in [1.807, 2.05) is 0 Å². The van der Waals surface area contributed by atoms with Crippen molar-refractivity contribution in [1.82, 2.24) is 34.3 Å². The van der Waals surface area contributed by atoms with Crippen LogP contribution in [0.1, 0.15) is 21.7 Å². The highest BCUT2D eigenvalue weighted by atomic mass is 16.2. The van der Waals surface area contributed by atoms with E-state index >= 15 is 0 Å². The quantitative estimate of drug-likeness (QED) is 0.588. The lowest BCUT2D eigenvalue weighted by Gasteiger charge is -2.04. The molecule has 10 nitrogen and oxygen atoms in total. The molecule has 0 saturated carbocycles. The van der Waals surface area contributed by atoms with Gasteiger partial charge in [0.15, 0.2) is 5.69 Å². The predicted molar refractivity (Wildman–Crippen MR) is 96.2 cm³/mol. The van der Waals surface area contributed by atoms with E-state index in [9.17, 15) is 4.79 Å². The highest BCUT2D eigenvalue weighted by molar-refractivity contribution is 6.03. The number of nitrogens with one attached hydrogen (secondary N) is 1. The van der Waals surface area contributed by atoms with Crippen molar-refractivity contribution in [3.63, 3.8) is 0 Å². The van der Waals surface area contributed by atoms with Crippen LogP contribution in [0, 0.1) is 18.3 Å². The van der Waals surface area contributed by atoms with Gasteiger partial charge in [-0.15, -0.1) is 5.10 Å². The first-order valence-corrected chi connectivity index (χ1v) is 8.07. The molecular formula is C17H15N9O. The first-order chi connectivity index (χ1) is 13.0. The third-order valence-corrected chi connectivity index (χ3v) is 4.28. The van der Waals surface area contributed by atoms with E-state index in [0.29, 0.717) is 28.4 Å². The number of benzene rings is 1. The molecule has 134 valence electrons. The van der Waals surface area contributed by atoms with E-state index in [0.717, 1.165) is 5.52 Å². The summed E-state index contributed by atoms with van der Waals surface area (Å²) in [5.41, 5.74) is 3.46. The molecule has 0 aliphatic heterocycles. The SMILES string of the molecule is Cc1c(C(=O)Nc2nc3ccc(C#N)cc3n2C)nnn1-c1cnn(C)c1. The Kier molecular flexibility index (Phi) is 3.70. The first kappa shape index (κ1) is 16.5. The Labute approximate surface area is 153 Å². The second kappa shape index (κ2) is 6.06. The molecule has 1 N–H and O–H groups in total. The van der Waals surface area contributed by atoms with Crippen LogP contribution >= 0.6 is 0 Å². The Morgan fingerprint density at radius 1 is 1.30 bits per heavy atom. The van der Waals surface area contributed by atoms with Crippen LogP contribution in [0.3, 0.4) is 0 Å². The molecule has 4 aromatic rings. The molecule has 3 aromatic heterocycles. The predicted octanol–water partition coefficient (Wildman–Crippen LogP) is 1.32. The number of fused-ring (bicyclic) bond motifs is 1. The summed E-state index contributed by atoms with van der Waals surface area (Å²) in [6, 6.07) is 7.25. The van der Waals surface area contributed by atoms with Crippen molar-refractivity contribution in [2.24, 2.45) is 14.1 Å². The maximum atomic E-state index is 12.7. The fourth-order valence-corrected chi connectivity index (χ4v) is 2.83. The van der Waals surface area contributed by atoms with Crippen molar-refractivity contribution in [3.8, 4) is 11.8 Å². The number of carbonyl (C=O) groups is 1. The van der Waals surface area contributed by atoms with Crippen molar-refractivity contribution in [2.75, 3.05) is 5.32 Å². The van der Waals surface area contributed by atoms with E-state index in [-0.39, 0.29) is 5.69 Å². The zero-order chi connectivity index (χ0) is 19.1. The summed E-state index contributed by atoms with van der Waals surface area (Å²) in [6.45, 7) is 1.76. The van der Waals surface area contributed by atoms with Crippen LogP contribution < -0.4 is 5.32 Å². The highest BCUT2D eigenvalue weighted by Gasteiger charge is 2.20. The first-order valence-electron chi connectivity index (χ1n) is 8.07. The van der Waals surface area contributed by atoms with Gasteiger partial charge in [0, 0.05) is 14.1 Å². The highest BCUT2D eigenvalue weighted by Crippen LogP contribution is 2.20. The Bertz CT molecular complexity index is 1220. The third-order valence-electron chi connectivity index (χ3n) is 4.28. The van der Waals surface area contributed by atoms with Crippen LogP contribution in [-0.4, -0.2) is 40.2 Å². The third kappa shape index (κ3) is 2.71. The number of hydrogen-bond acceptors (Lipinski definition) is 6. The maximum absolute atomic E-state index is 12.7. The summed E-state index contributed by atoms with van der Waals surface area (Å²) in [5.74, 6) is -0.0537. The Morgan fingerprint density at radius 2 is 2.11 bits per heavy atom. The Morgan fingerprint density at radius 3 is 2.81 bits per heavy atom. The van der Waals surface area contributed by atoms with Crippen molar-refractivity contribution < 1.29 is 4.79 Å². The molecule has 10 heteroatoms. The second-order valence-corrected chi connectivity index (χ2v) is 6.07. The average Bonchev–Trinajstić information content (AvgIpc) is 3.33. The van der Waals surface area contributed by atoms with Crippen LogP contribution in [0.25, 0.3) is 16.7 Å². The van der Waals surface area contributed by atoms with E-state index in [1.165, 1.54) is 0 Å². The lowest BCUT2D eigenvalue weighted by atomic mass is 10.2. The summed E-state index contributed by atoms with van der Waals surface area (Å²) in [5, 5.41) is 23.9. The number of amides is 1. The van der Waals surface area contributed by atoms with E-state index in [4.69, 9.17) is 5.26 Å². The maximum Gasteiger partial charge on any atom is 0.280 e. The van der Waals surface area contributed by atoms with Crippen LogP contribution in [0.4, 0.5) is 5.95 Å². The number of carbonyl (C=O) groups excluding carboxylic acids is 1. The molecule has 0 atom stereocenters. The summed E-state index contributed by atoms with van der Waals surface area (Å²) in [4.78, 5) is 17.1. The van der Waals surface area contributed by atoms with Crippen LogP contribution in [0.2, 0.25) is 0 Å². The number of anilines is 1. The number of rotatable bonds is 3. The fourth-order valence-electron chi connectivity index (χ4n) is 2.83. The van der Waals surface area contributed by atoms with Gasteiger partial charge >= 0.3 is 0 Å². The van der Waals surface area contributed by atoms with Gasteiger partial charge in [-0.1, -0.05) is 5.21 Å². The number of hydrogen-bond donors (Lipinski definition) is 1. The average molecular weight is 361 g/mol. The topological polar surface area (TPSA) is 119 Å². The monoisotopic (exact) mass is 361 g/mol. The molecular weight excluding hydrogens is 346 g/mol. The fraction of sp³-hybridized carbons (Fsp3) is 0.176. The van der Waals surface area contributed by atoms with Crippen LogP contribution in [0.15, 0.2) is 30.6 Å². The van der Waals surface area contributed by atoms with E-state index < -0.39 is 5.91 Å². The summed E-state index contributed by atoms with van der Waals surface area (Å²) in [6.07, 6.45) is 3.42. The molecule has 0 unspecified atom stereocenters. The van der Waals surface area contributed by atoms with Gasteiger partial charge in [0.2, 0.25) is 5.95 Å². The molecule has 0 aliphatic carbocycles. The molecule has 1 amide bonds. The number of imidazole rings is 1. The van der Waals surface area contributed by atoms with Gasteiger partial charge in [-0.25, -0.2) is 9.67 Å². The summed E-state index contributed by atoms with van der Waals surface area (Å²) in [7, 11) is 3.57. The molecule has 0 radical (unpaired) electrons. The van der Waals surface area contributed by atoms with Gasteiger partial charge in [0.1, 0.15) is 5.69 Å². The van der Waals surface area contributed by atoms with Gasteiger partial charge in [-0.05, 0) is 25.1 Å². The lowest BCUT2D eigenvalue weighted by Crippen LogP contribution is -2.17. The molecule has 1 aromatic carbocycles. The second-order valence-electron chi connectivity index (χ2n) is 6.07. The molecule has 0 saturated heterocycles. The van der Waals surface area contributed by atoms with E-state index in [2.05, 4.69) is 31.8 Å². The zero-order valence-electron chi connectivity index (χ0n) is 14.9. The summed E-state index contributed by atoms with van der Waals surface area (Å²) < 4.78 is 4.91. The largest absolute Gasteiger partial charge is 0.313 e. The van der Waals surface area contributed by atoms with Gasteiger partial charge < -0.3 is 4.57 Å². The number of aromatic nitrogens is 7. The molecule has 4 rings (SSSR count). The minimum Gasteiger partial charge on any atom is -0.313 e. The van der Waals surface area contributed by atoms with Gasteiger partial charge in [-0.2, -0.15) is 10.4 Å². The van der Waals surface area contributed by atoms with Gasteiger partial charge in [0.05, 0.1) is 40.8 Å². The molecule has 0 bridgehead atoms.